The molecule has 1 aromatic heterocycles. The fourth-order valence-electron chi connectivity index (χ4n) is 3.70. The number of rotatable bonds is 6. The largest absolute Gasteiger partial charge is 0.338 e. The van der Waals surface area contributed by atoms with Crippen LogP contribution in [0.2, 0.25) is 0 Å². The number of aromatic nitrogens is 1. The lowest BCUT2D eigenvalue weighted by atomic mass is 9.95. The van der Waals surface area contributed by atoms with Gasteiger partial charge in [0.05, 0.1) is 6.04 Å². The Bertz CT molecular complexity index is 715. The molecule has 1 fully saturated rings. The molecule has 0 bridgehead atoms. The molecular weight excluding hydrogens is 336 g/mol. The molecule has 144 valence electrons. The molecule has 2 aromatic rings. The number of likely N-dealkylation sites (tertiary alicyclic amines) is 1. The van der Waals surface area contributed by atoms with Crippen molar-refractivity contribution >= 4 is 6.03 Å². The van der Waals surface area contributed by atoms with Crippen molar-refractivity contribution in [3.05, 3.63) is 65.5 Å². The SMILES string of the molecule is CN(C)Cc1ccc([C@H]2CCCCN2C(=O)NCCc2ccncc2)cc1. The van der Waals surface area contributed by atoms with Gasteiger partial charge in [0.15, 0.2) is 0 Å². The number of carbonyl (C=O) groups excluding carboxylic acids is 1. The summed E-state index contributed by atoms with van der Waals surface area (Å²) in [6.07, 6.45) is 7.68. The minimum Gasteiger partial charge on any atom is -0.338 e. The molecule has 1 aliphatic rings. The van der Waals surface area contributed by atoms with E-state index in [1.54, 1.807) is 12.4 Å². The zero-order valence-electron chi connectivity index (χ0n) is 16.4. The lowest BCUT2D eigenvalue weighted by molar-refractivity contribution is 0.151. The molecule has 5 heteroatoms. The molecule has 0 spiro atoms. The smallest absolute Gasteiger partial charge is 0.317 e. The molecule has 1 saturated heterocycles. The van der Waals surface area contributed by atoms with Gasteiger partial charge < -0.3 is 15.1 Å². The number of nitrogens with one attached hydrogen (secondary N) is 1. The highest BCUT2D eigenvalue weighted by Gasteiger charge is 2.27. The first-order chi connectivity index (χ1) is 13.1. The number of urea groups is 1. The van der Waals surface area contributed by atoms with Crippen molar-refractivity contribution in [3.63, 3.8) is 0 Å². The summed E-state index contributed by atoms with van der Waals surface area (Å²) in [5, 5.41) is 3.10. The summed E-state index contributed by atoms with van der Waals surface area (Å²) >= 11 is 0. The van der Waals surface area contributed by atoms with Crippen molar-refractivity contribution in [2.75, 3.05) is 27.2 Å². The van der Waals surface area contributed by atoms with E-state index in [0.29, 0.717) is 6.54 Å². The van der Waals surface area contributed by atoms with Gasteiger partial charge in [0.2, 0.25) is 0 Å². The van der Waals surface area contributed by atoms with Crippen molar-refractivity contribution in [2.45, 2.75) is 38.3 Å². The van der Waals surface area contributed by atoms with Crippen LogP contribution in [0.3, 0.4) is 0 Å². The van der Waals surface area contributed by atoms with Crippen molar-refractivity contribution in [3.8, 4) is 0 Å². The molecule has 0 unspecified atom stereocenters. The van der Waals surface area contributed by atoms with Crippen molar-refractivity contribution in [1.82, 2.24) is 20.1 Å². The lowest BCUT2D eigenvalue weighted by Gasteiger charge is -2.36. The van der Waals surface area contributed by atoms with Crippen LogP contribution >= 0.6 is 0 Å². The predicted molar refractivity (Wildman–Crippen MR) is 108 cm³/mol. The molecule has 2 amide bonds. The Balaban J connectivity index is 1.59. The lowest BCUT2D eigenvalue weighted by Crippen LogP contribution is -2.45. The second kappa shape index (κ2) is 9.51. The molecule has 1 aliphatic heterocycles. The Kier molecular flexibility index (Phi) is 6.82. The minimum atomic E-state index is 0.0473. The summed E-state index contributed by atoms with van der Waals surface area (Å²) in [5.41, 5.74) is 3.73. The quantitative estimate of drug-likeness (QED) is 0.849. The normalized spacial score (nSPS) is 17.1. The third-order valence-corrected chi connectivity index (χ3v) is 5.07. The van der Waals surface area contributed by atoms with Crippen molar-refractivity contribution < 1.29 is 4.79 Å². The second-order valence-corrected chi connectivity index (χ2v) is 7.52. The summed E-state index contributed by atoms with van der Waals surface area (Å²) in [6.45, 7) is 2.41. The van der Waals surface area contributed by atoms with E-state index in [0.717, 1.165) is 32.4 Å². The van der Waals surface area contributed by atoms with Crippen LogP contribution in [0.25, 0.3) is 0 Å². The Morgan fingerprint density at radius 2 is 1.85 bits per heavy atom. The van der Waals surface area contributed by atoms with Crippen LogP contribution < -0.4 is 5.32 Å². The summed E-state index contributed by atoms with van der Waals surface area (Å²) in [7, 11) is 4.15. The molecule has 1 aromatic carbocycles. The first-order valence-electron chi connectivity index (χ1n) is 9.80. The highest BCUT2D eigenvalue weighted by Crippen LogP contribution is 2.31. The second-order valence-electron chi connectivity index (χ2n) is 7.52. The Hall–Kier alpha value is -2.40. The van der Waals surface area contributed by atoms with Crippen LogP contribution in [-0.2, 0) is 13.0 Å². The molecule has 0 aliphatic carbocycles. The van der Waals surface area contributed by atoms with Crippen LogP contribution in [0.4, 0.5) is 4.79 Å². The van der Waals surface area contributed by atoms with E-state index < -0.39 is 0 Å². The summed E-state index contributed by atoms with van der Waals surface area (Å²) in [6, 6.07) is 12.9. The third kappa shape index (κ3) is 5.54. The fourth-order valence-corrected chi connectivity index (χ4v) is 3.70. The van der Waals surface area contributed by atoms with Crippen LogP contribution in [0.5, 0.6) is 0 Å². The van der Waals surface area contributed by atoms with E-state index in [4.69, 9.17) is 0 Å². The number of amides is 2. The fraction of sp³-hybridized carbons (Fsp3) is 0.455. The summed E-state index contributed by atoms with van der Waals surface area (Å²) in [4.78, 5) is 21.0. The maximum absolute atomic E-state index is 12.8. The minimum absolute atomic E-state index is 0.0473. The standard InChI is InChI=1S/C22H30N4O/c1-25(2)17-19-6-8-20(9-7-19)21-5-3-4-16-26(21)22(27)24-15-12-18-10-13-23-14-11-18/h6-11,13-14,21H,3-5,12,15-17H2,1-2H3,(H,24,27)/t21-/m1/s1. The first-order valence-corrected chi connectivity index (χ1v) is 9.80. The Morgan fingerprint density at radius 3 is 2.56 bits per heavy atom. The number of benzene rings is 1. The van der Waals surface area contributed by atoms with Gasteiger partial charge in [-0.3, -0.25) is 4.98 Å². The monoisotopic (exact) mass is 366 g/mol. The van der Waals surface area contributed by atoms with Crippen LogP contribution in [0.1, 0.15) is 42.0 Å². The van der Waals surface area contributed by atoms with Crippen LogP contribution in [0, 0.1) is 0 Å². The maximum atomic E-state index is 12.8. The molecule has 27 heavy (non-hydrogen) atoms. The molecule has 0 radical (unpaired) electrons. The van der Waals surface area contributed by atoms with Crippen molar-refractivity contribution in [1.29, 1.82) is 0 Å². The zero-order valence-corrected chi connectivity index (χ0v) is 16.4. The van der Waals surface area contributed by atoms with Gasteiger partial charge >= 0.3 is 6.03 Å². The molecule has 5 nitrogen and oxygen atoms in total. The molecular formula is C22H30N4O. The summed E-state index contributed by atoms with van der Waals surface area (Å²) < 4.78 is 0. The predicted octanol–water partition coefficient (Wildman–Crippen LogP) is 3.62. The Labute approximate surface area is 162 Å². The Morgan fingerprint density at radius 1 is 1.11 bits per heavy atom. The number of piperidine rings is 1. The summed E-state index contributed by atoms with van der Waals surface area (Å²) in [5.74, 6) is 0. The zero-order chi connectivity index (χ0) is 19.1. The highest BCUT2D eigenvalue weighted by molar-refractivity contribution is 5.75. The molecule has 1 N–H and O–H groups in total. The van der Waals surface area contributed by atoms with E-state index >= 15 is 0 Å². The van der Waals surface area contributed by atoms with Gasteiger partial charge in [0, 0.05) is 32.0 Å². The van der Waals surface area contributed by atoms with Crippen molar-refractivity contribution in [2.24, 2.45) is 0 Å². The number of hydrogen-bond acceptors (Lipinski definition) is 3. The number of nitrogens with zero attached hydrogens (tertiary/aromatic N) is 3. The third-order valence-electron chi connectivity index (χ3n) is 5.07. The molecule has 0 saturated carbocycles. The van der Waals surface area contributed by atoms with Gasteiger partial charge in [0.25, 0.3) is 0 Å². The van der Waals surface area contributed by atoms with Gasteiger partial charge in [-0.25, -0.2) is 4.79 Å². The average molecular weight is 367 g/mol. The van der Waals surface area contributed by atoms with E-state index in [-0.39, 0.29) is 12.1 Å². The van der Waals surface area contributed by atoms with E-state index in [9.17, 15) is 4.79 Å². The van der Waals surface area contributed by atoms with E-state index in [1.165, 1.54) is 23.1 Å². The van der Waals surface area contributed by atoms with Gasteiger partial charge in [-0.15, -0.1) is 0 Å². The molecule has 2 heterocycles. The van der Waals surface area contributed by atoms with E-state index in [1.807, 2.05) is 17.0 Å². The van der Waals surface area contributed by atoms with Gasteiger partial charge in [-0.1, -0.05) is 24.3 Å². The highest BCUT2D eigenvalue weighted by atomic mass is 16.2. The molecule has 3 rings (SSSR count). The van der Waals surface area contributed by atoms with Gasteiger partial charge in [-0.05, 0) is 68.6 Å². The number of carbonyl (C=O) groups is 1. The van der Waals surface area contributed by atoms with Crippen LogP contribution in [0.15, 0.2) is 48.8 Å². The molecule has 1 atom stereocenters. The van der Waals surface area contributed by atoms with E-state index in [2.05, 4.69) is 53.6 Å². The van der Waals surface area contributed by atoms with Gasteiger partial charge in [0.1, 0.15) is 0 Å². The topological polar surface area (TPSA) is 48.5 Å². The average Bonchev–Trinajstić information content (AvgIpc) is 2.69. The first kappa shape index (κ1) is 19.4. The van der Waals surface area contributed by atoms with Crippen LogP contribution in [-0.4, -0.2) is 48.0 Å². The van der Waals surface area contributed by atoms with Gasteiger partial charge in [-0.2, -0.15) is 0 Å². The number of hydrogen-bond donors (Lipinski definition) is 1. The number of pyridine rings is 1. The maximum Gasteiger partial charge on any atom is 0.317 e.